The summed E-state index contributed by atoms with van der Waals surface area (Å²) in [5.74, 6) is -1.26. The Labute approximate surface area is 67.2 Å². The maximum Gasteiger partial charge on any atom is 0.314 e. The molecule has 0 fully saturated rings. The Balaban J connectivity index is 4.11. The second kappa shape index (κ2) is 5.71. The number of hydrogen-bond acceptors (Lipinski definition) is 1. The van der Waals surface area contributed by atoms with Gasteiger partial charge in [0.05, 0.1) is 5.92 Å². The SMILES string of the molecule is C/C=C/C(/C=C/CC)C(=O)O. The summed E-state index contributed by atoms with van der Waals surface area (Å²) in [6.45, 7) is 3.79. The predicted molar refractivity (Wildman–Crippen MR) is 45.4 cm³/mol. The minimum atomic E-state index is -0.798. The van der Waals surface area contributed by atoms with Crippen molar-refractivity contribution in [3.63, 3.8) is 0 Å². The van der Waals surface area contributed by atoms with Gasteiger partial charge in [0.15, 0.2) is 0 Å². The van der Waals surface area contributed by atoms with E-state index in [1.807, 2.05) is 19.9 Å². The average Bonchev–Trinajstić information content (AvgIpc) is 1.97. The van der Waals surface area contributed by atoms with Gasteiger partial charge in [0.2, 0.25) is 0 Å². The molecule has 1 atom stereocenters. The highest BCUT2D eigenvalue weighted by Crippen LogP contribution is 2.01. The third-order valence-corrected chi connectivity index (χ3v) is 1.26. The van der Waals surface area contributed by atoms with Gasteiger partial charge in [0.1, 0.15) is 0 Å². The number of aliphatic carboxylic acids is 1. The average molecular weight is 154 g/mol. The second-order valence-corrected chi connectivity index (χ2v) is 2.23. The van der Waals surface area contributed by atoms with Crippen molar-refractivity contribution in [1.82, 2.24) is 0 Å². The van der Waals surface area contributed by atoms with Crippen molar-refractivity contribution in [3.8, 4) is 0 Å². The van der Waals surface area contributed by atoms with Crippen LogP contribution >= 0.6 is 0 Å². The third-order valence-electron chi connectivity index (χ3n) is 1.26. The van der Waals surface area contributed by atoms with Crippen LogP contribution in [0.4, 0.5) is 0 Å². The second-order valence-electron chi connectivity index (χ2n) is 2.23. The molecule has 0 aliphatic rings. The molecule has 0 amide bonds. The lowest BCUT2D eigenvalue weighted by atomic mass is 10.1. The molecular weight excluding hydrogens is 140 g/mol. The summed E-state index contributed by atoms with van der Waals surface area (Å²) in [5, 5.41) is 8.63. The first-order valence-electron chi connectivity index (χ1n) is 3.74. The van der Waals surface area contributed by atoms with Crippen molar-refractivity contribution in [2.75, 3.05) is 0 Å². The van der Waals surface area contributed by atoms with Gasteiger partial charge in [0.25, 0.3) is 0 Å². The molecule has 0 aliphatic heterocycles. The van der Waals surface area contributed by atoms with Gasteiger partial charge in [-0.3, -0.25) is 4.79 Å². The first kappa shape index (κ1) is 9.95. The van der Waals surface area contributed by atoms with Gasteiger partial charge in [-0.15, -0.1) is 0 Å². The van der Waals surface area contributed by atoms with Crippen molar-refractivity contribution >= 4 is 5.97 Å². The lowest BCUT2D eigenvalue weighted by Gasteiger charge is -1.98. The lowest BCUT2D eigenvalue weighted by molar-refractivity contribution is -0.138. The molecule has 0 radical (unpaired) electrons. The van der Waals surface area contributed by atoms with Gasteiger partial charge in [-0.05, 0) is 13.3 Å². The van der Waals surface area contributed by atoms with Crippen LogP contribution in [0.2, 0.25) is 0 Å². The van der Waals surface area contributed by atoms with Crippen LogP contribution in [0, 0.1) is 5.92 Å². The normalized spacial score (nSPS) is 14.4. The number of hydrogen-bond donors (Lipinski definition) is 1. The molecule has 0 aromatic rings. The van der Waals surface area contributed by atoms with Crippen LogP contribution in [0.5, 0.6) is 0 Å². The summed E-state index contributed by atoms with van der Waals surface area (Å²) < 4.78 is 0. The zero-order valence-electron chi connectivity index (χ0n) is 6.95. The first-order chi connectivity index (χ1) is 5.22. The maximum atomic E-state index is 10.5. The van der Waals surface area contributed by atoms with E-state index in [1.165, 1.54) is 0 Å². The zero-order chi connectivity index (χ0) is 8.69. The minimum Gasteiger partial charge on any atom is -0.481 e. The molecule has 0 saturated carbocycles. The summed E-state index contributed by atoms with van der Waals surface area (Å²) in [4.78, 5) is 10.5. The van der Waals surface area contributed by atoms with E-state index in [1.54, 1.807) is 18.2 Å². The summed E-state index contributed by atoms with van der Waals surface area (Å²) in [5.41, 5.74) is 0. The van der Waals surface area contributed by atoms with Crippen molar-refractivity contribution < 1.29 is 9.90 Å². The van der Waals surface area contributed by atoms with E-state index in [9.17, 15) is 4.79 Å². The number of allylic oxidation sites excluding steroid dienone is 2. The van der Waals surface area contributed by atoms with Crippen LogP contribution in [0.3, 0.4) is 0 Å². The molecule has 0 aliphatic carbocycles. The first-order valence-corrected chi connectivity index (χ1v) is 3.74. The highest BCUT2D eigenvalue weighted by Gasteiger charge is 2.07. The molecule has 0 aromatic carbocycles. The van der Waals surface area contributed by atoms with E-state index in [0.717, 1.165) is 6.42 Å². The monoisotopic (exact) mass is 154 g/mol. The summed E-state index contributed by atoms with van der Waals surface area (Å²) >= 11 is 0. The molecule has 62 valence electrons. The molecule has 0 rings (SSSR count). The van der Waals surface area contributed by atoms with Gasteiger partial charge in [0, 0.05) is 0 Å². The highest BCUT2D eigenvalue weighted by molar-refractivity contribution is 5.74. The van der Waals surface area contributed by atoms with Crippen LogP contribution < -0.4 is 0 Å². The topological polar surface area (TPSA) is 37.3 Å². The van der Waals surface area contributed by atoms with Crippen LogP contribution in [-0.2, 0) is 4.79 Å². The minimum absolute atomic E-state index is 0.458. The zero-order valence-corrected chi connectivity index (χ0v) is 6.95. The van der Waals surface area contributed by atoms with Gasteiger partial charge in [-0.25, -0.2) is 0 Å². The van der Waals surface area contributed by atoms with Crippen LogP contribution in [0.25, 0.3) is 0 Å². The largest absolute Gasteiger partial charge is 0.481 e. The Hall–Kier alpha value is -1.05. The molecule has 0 heterocycles. The Morgan fingerprint density at radius 1 is 1.55 bits per heavy atom. The molecule has 0 spiro atoms. The van der Waals surface area contributed by atoms with Crippen molar-refractivity contribution in [2.24, 2.45) is 5.92 Å². The molecule has 2 heteroatoms. The molecule has 2 nitrogen and oxygen atoms in total. The molecule has 1 unspecified atom stereocenters. The Morgan fingerprint density at radius 3 is 2.55 bits per heavy atom. The summed E-state index contributed by atoms with van der Waals surface area (Å²) in [7, 11) is 0. The van der Waals surface area contributed by atoms with Gasteiger partial charge in [-0.2, -0.15) is 0 Å². The van der Waals surface area contributed by atoms with Crippen LogP contribution in [0.15, 0.2) is 24.3 Å². The highest BCUT2D eigenvalue weighted by atomic mass is 16.4. The number of carbonyl (C=O) groups is 1. The molecule has 1 N–H and O–H groups in total. The van der Waals surface area contributed by atoms with Crippen molar-refractivity contribution in [1.29, 1.82) is 0 Å². The van der Waals surface area contributed by atoms with E-state index >= 15 is 0 Å². The van der Waals surface area contributed by atoms with Crippen LogP contribution in [0.1, 0.15) is 20.3 Å². The van der Waals surface area contributed by atoms with Crippen molar-refractivity contribution in [2.45, 2.75) is 20.3 Å². The summed E-state index contributed by atoms with van der Waals surface area (Å²) in [6.07, 6.45) is 7.84. The van der Waals surface area contributed by atoms with Gasteiger partial charge in [-0.1, -0.05) is 31.2 Å². The number of carboxylic acid groups (broad SMARTS) is 1. The summed E-state index contributed by atoms with van der Waals surface area (Å²) in [6, 6.07) is 0. The maximum absolute atomic E-state index is 10.5. The fourth-order valence-electron chi connectivity index (χ4n) is 0.719. The molecule has 11 heavy (non-hydrogen) atoms. The van der Waals surface area contributed by atoms with E-state index < -0.39 is 11.9 Å². The fraction of sp³-hybridized carbons (Fsp3) is 0.444. The Bertz CT molecular complexity index is 168. The molecule has 0 aromatic heterocycles. The fourth-order valence-corrected chi connectivity index (χ4v) is 0.719. The van der Waals surface area contributed by atoms with E-state index in [0.29, 0.717) is 0 Å². The molecular formula is C9H14O2. The van der Waals surface area contributed by atoms with Gasteiger partial charge < -0.3 is 5.11 Å². The van der Waals surface area contributed by atoms with Gasteiger partial charge >= 0.3 is 5.97 Å². The van der Waals surface area contributed by atoms with E-state index in [2.05, 4.69) is 0 Å². The Kier molecular flexibility index (Phi) is 5.17. The smallest absolute Gasteiger partial charge is 0.314 e. The molecule has 0 saturated heterocycles. The van der Waals surface area contributed by atoms with Crippen molar-refractivity contribution in [3.05, 3.63) is 24.3 Å². The Morgan fingerprint density at radius 2 is 2.18 bits per heavy atom. The quantitative estimate of drug-likeness (QED) is 0.630. The standard InChI is InChI=1S/C9H14O2/c1-3-5-7-8(6-4-2)9(10)11/h4-8H,3H2,1-2H3,(H,10,11)/b6-4+,7-5+. The number of rotatable bonds is 4. The third kappa shape index (κ3) is 4.37. The van der Waals surface area contributed by atoms with E-state index in [4.69, 9.17) is 5.11 Å². The molecule has 0 bridgehead atoms. The van der Waals surface area contributed by atoms with E-state index in [-0.39, 0.29) is 0 Å². The lowest BCUT2D eigenvalue weighted by Crippen LogP contribution is -2.07. The number of carboxylic acids is 1. The van der Waals surface area contributed by atoms with Crippen LogP contribution in [-0.4, -0.2) is 11.1 Å². The predicted octanol–water partition coefficient (Wildman–Crippen LogP) is 2.23.